The van der Waals surface area contributed by atoms with E-state index in [-0.39, 0.29) is 5.91 Å². The molecule has 0 aromatic heterocycles. The number of benzene rings is 1. The van der Waals surface area contributed by atoms with Gasteiger partial charge in [-0.3, -0.25) is 9.69 Å². The minimum Gasteiger partial charge on any atom is -0.375 e. The molecule has 0 bridgehead atoms. The van der Waals surface area contributed by atoms with Crippen LogP contribution in [0.25, 0.3) is 0 Å². The highest BCUT2D eigenvalue weighted by molar-refractivity contribution is 6.39. The molecule has 1 amide bonds. The van der Waals surface area contributed by atoms with Crippen LogP contribution < -0.4 is 5.32 Å². The largest absolute Gasteiger partial charge is 0.375 e. The van der Waals surface area contributed by atoms with Crippen LogP contribution >= 0.6 is 23.2 Å². The minimum atomic E-state index is -0.0592. The van der Waals surface area contributed by atoms with Gasteiger partial charge in [0.1, 0.15) is 0 Å². The number of hydrogen-bond acceptors (Lipinski definition) is 3. The van der Waals surface area contributed by atoms with Crippen LogP contribution in [0, 0.1) is 0 Å². The Hall–Kier alpha value is -0.810. The van der Waals surface area contributed by atoms with E-state index in [1.807, 2.05) is 0 Å². The summed E-state index contributed by atoms with van der Waals surface area (Å²) in [5.74, 6) is -0.0592. The Morgan fingerprint density at radius 1 is 1.32 bits per heavy atom. The van der Waals surface area contributed by atoms with Crippen LogP contribution in [0.4, 0.5) is 5.69 Å². The van der Waals surface area contributed by atoms with Crippen molar-refractivity contribution in [2.24, 2.45) is 0 Å². The lowest BCUT2D eigenvalue weighted by Gasteiger charge is -2.37. The molecule has 1 saturated carbocycles. The Kier molecular flexibility index (Phi) is 5.24. The van der Waals surface area contributed by atoms with Crippen molar-refractivity contribution >= 4 is 34.8 Å². The molecule has 0 radical (unpaired) electrons. The average Bonchev–Trinajstić information content (AvgIpc) is 2.98. The van der Waals surface area contributed by atoms with Crippen molar-refractivity contribution in [3.05, 3.63) is 28.2 Å². The van der Waals surface area contributed by atoms with Gasteiger partial charge in [-0.15, -0.1) is 0 Å². The molecule has 1 aromatic carbocycles. The van der Waals surface area contributed by atoms with Gasteiger partial charge in [-0.05, 0) is 31.4 Å². The molecule has 2 aliphatic rings. The number of nitrogens with one attached hydrogen (secondary N) is 1. The van der Waals surface area contributed by atoms with Gasteiger partial charge < -0.3 is 10.1 Å². The van der Waals surface area contributed by atoms with Crippen molar-refractivity contribution in [1.29, 1.82) is 0 Å². The van der Waals surface area contributed by atoms with Gasteiger partial charge in [0.05, 0.1) is 28.4 Å². The Balaban J connectivity index is 1.54. The molecule has 1 aliphatic carbocycles. The van der Waals surface area contributed by atoms with Gasteiger partial charge in [0, 0.05) is 25.6 Å². The number of rotatable bonds is 4. The van der Waals surface area contributed by atoms with E-state index in [1.54, 1.807) is 18.2 Å². The summed E-state index contributed by atoms with van der Waals surface area (Å²) < 4.78 is 5.79. The fourth-order valence-corrected chi connectivity index (χ4v) is 3.84. The molecule has 0 spiro atoms. The van der Waals surface area contributed by atoms with Gasteiger partial charge in [-0.1, -0.05) is 29.3 Å². The summed E-state index contributed by atoms with van der Waals surface area (Å²) in [6.45, 7) is 2.42. The number of morpholine rings is 1. The van der Waals surface area contributed by atoms with Crippen molar-refractivity contribution in [3.8, 4) is 0 Å². The topological polar surface area (TPSA) is 41.6 Å². The predicted octanol–water partition coefficient (Wildman–Crippen LogP) is 3.58. The molecule has 1 N–H and O–H groups in total. The summed E-state index contributed by atoms with van der Waals surface area (Å²) >= 11 is 12.1. The number of para-hydroxylation sites is 1. The third kappa shape index (κ3) is 3.57. The first-order valence-corrected chi connectivity index (χ1v) is 8.50. The molecule has 6 heteroatoms. The van der Waals surface area contributed by atoms with Crippen LogP contribution in [-0.2, 0) is 9.53 Å². The molecule has 1 heterocycles. The van der Waals surface area contributed by atoms with Crippen LogP contribution in [0.1, 0.15) is 25.7 Å². The smallest absolute Gasteiger partial charge is 0.225 e. The highest BCUT2D eigenvalue weighted by Gasteiger charge is 2.35. The van der Waals surface area contributed by atoms with E-state index < -0.39 is 0 Å². The van der Waals surface area contributed by atoms with Crippen LogP contribution in [0.5, 0.6) is 0 Å². The van der Waals surface area contributed by atoms with E-state index in [4.69, 9.17) is 27.9 Å². The lowest BCUT2D eigenvalue weighted by Crippen LogP contribution is -2.49. The van der Waals surface area contributed by atoms with Crippen molar-refractivity contribution in [2.45, 2.75) is 37.8 Å². The average molecular weight is 343 g/mol. The quantitative estimate of drug-likeness (QED) is 0.909. The monoisotopic (exact) mass is 342 g/mol. The van der Waals surface area contributed by atoms with E-state index >= 15 is 0 Å². The molecule has 2 fully saturated rings. The Morgan fingerprint density at radius 2 is 2.09 bits per heavy atom. The van der Waals surface area contributed by atoms with E-state index in [2.05, 4.69) is 10.2 Å². The Bertz CT molecular complexity index is 533. The highest BCUT2D eigenvalue weighted by atomic mass is 35.5. The molecule has 0 unspecified atom stereocenters. The summed E-state index contributed by atoms with van der Waals surface area (Å²) in [7, 11) is 0. The lowest BCUT2D eigenvalue weighted by atomic mass is 10.1. The van der Waals surface area contributed by atoms with Gasteiger partial charge in [-0.25, -0.2) is 0 Å². The van der Waals surface area contributed by atoms with Crippen molar-refractivity contribution in [3.63, 3.8) is 0 Å². The van der Waals surface area contributed by atoms with Gasteiger partial charge in [0.2, 0.25) is 5.91 Å². The maximum Gasteiger partial charge on any atom is 0.225 e. The van der Waals surface area contributed by atoms with Crippen molar-refractivity contribution in [1.82, 2.24) is 4.90 Å². The predicted molar refractivity (Wildman–Crippen MR) is 88.7 cm³/mol. The Morgan fingerprint density at radius 3 is 2.86 bits per heavy atom. The normalized spacial score (nSPS) is 25.0. The first-order valence-electron chi connectivity index (χ1n) is 7.74. The maximum atomic E-state index is 12.2. The molecule has 1 saturated heterocycles. The molecule has 3 rings (SSSR count). The number of fused-ring (bicyclic) bond motifs is 1. The number of amides is 1. The first-order chi connectivity index (χ1) is 10.6. The molecule has 4 nitrogen and oxygen atoms in total. The zero-order valence-corrected chi connectivity index (χ0v) is 13.9. The fourth-order valence-electron chi connectivity index (χ4n) is 3.35. The van der Waals surface area contributed by atoms with Crippen molar-refractivity contribution < 1.29 is 9.53 Å². The minimum absolute atomic E-state index is 0.0592. The maximum absolute atomic E-state index is 12.2. The summed E-state index contributed by atoms with van der Waals surface area (Å²) in [5.41, 5.74) is 0.497. The second kappa shape index (κ2) is 7.18. The number of ether oxygens (including phenoxy) is 1. The second-order valence-electron chi connectivity index (χ2n) is 5.84. The SMILES string of the molecule is O=C(CCN1CCO[C@H]2CCC[C@@H]21)Nc1c(Cl)cccc1Cl. The zero-order valence-electron chi connectivity index (χ0n) is 12.4. The highest BCUT2D eigenvalue weighted by Crippen LogP contribution is 2.31. The summed E-state index contributed by atoms with van der Waals surface area (Å²) in [6, 6.07) is 5.67. The number of nitrogens with zero attached hydrogens (tertiary/aromatic N) is 1. The van der Waals surface area contributed by atoms with Crippen LogP contribution in [-0.4, -0.2) is 42.6 Å². The van der Waals surface area contributed by atoms with Gasteiger partial charge in [0.25, 0.3) is 0 Å². The Labute approximate surface area is 140 Å². The van der Waals surface area contributed by atoms with E-state index in [0.29, 0.717) is 34.3 Å². The molecule has 1 aliphatic heterocycles. The van der Waals surface area contributed by atoms with Crippen LogP contribution in [0.2, 0.25) is 10.0 Å². The first kappa shape index (κ1) is 16.1. The van der Waals surface area contributed by atoms with Crippen LogP contribution in [0.15, 0.2) is 18.2 Å². The second-order valence-corrected chi connectivity index (χ2v) is 6.65. The molecule has 2 atom stereocenters. The molecular formula is C16H20Cl2N2O2. The summed E-state index contributed by atoms with van der Waals surface area (Å²) in [4.78, 5) is 14.5. The fraction of sp³-hybridized carbons (Fsp3) is 0.562. The van der Waals surface area contributed by atoms with Gasteiger partial charge in [-0.2, -0.15) is 0 Å². The number of anilines is 1. The summed E-state index contributed by atoms with van der Waals surface area (Å²) in [6.07, 6.45) is 4.32. The van der Waals surface area contributed by atoms with Gasteiger partial charge in [0.15, 0.2) is 0 Å². The van der Waals surface area contributed by atoms with E-state index in [9.17, 15) is 4.79 Å². The number of carbonyl (C=O) groups excluding carboxylic acids is 1. The van der Waals surface area contributed by atoms with Crippen molar-refractivity contribution in [2.75, 3.05) is 25.0 Å². The zero-order chi connectivity index (χ0) is 15.5. The molecular weight excluding hydrogens is 323 g/mol. The summed E-state index contributed by atoms with van der Waals surface area (Å²) in [5, 5.41) is 3.74. The lowest BCUT2D eigenvalue weighted by molar-refractivity contribution is -0.117. The third-order valence-electron chi connectivity index (χ3n) is 4.45. The standard InChI is InChI=1S/C16H20Cl2N2O2/c17-11-3-1-4-12(18)16(11)19-15(21)7-8-20-9-10-22-14-6-2-5-13(14)20/h1,3-4,13-14H,2,5-10H2,(H,19,21)/t13-,14-/m0/s1. The van der Waals surface area contributed by atoms with E-state index in [1.165, 1.54) is 12.8 Å². The third-order valence-corrected chi connectivity index (χ3v) is 5.08. The number of hydrogen-bond donors (Lipinski definition) is 1. The number of halogens is 2. The van der Waals surface area contributed by atoms with E-state index in [0.717, 1.165) is 26.1 Å². The van der Waals surface area contributed by atoms with Gasteiger partial charge >= 0.3 is 0 Å². The van der Waals surface area contributed by atoms with Crippen LogP contribution in [0.3, 0.4) is 0 Å². The molecule has 22 heavy (non-hydrogen) atoms. The number of carbonyl (C=O) groups is 1. The molecule has 1 aromatic rings. The molecule has 120 valence electrons.